The van der Waals surface area contributed by atoms with E-state index in [9.17, 15) is 9.59 Å². The largest absolute Gasteiger partial charge is 0.444 e. The van der Waals surface area contributed by atoms with Crippen LogP contribution in [0.25, 0.3) is 17.2 Å². The number of fused-ring (bicyclic) bond motifs is 1. The maximum Gasteiger partial charge on any atom is 0.407 e. The molecule has 1 fully saturated rings. The number of nitrogens with zero attached hydrogens (tertiary/aromatic N) is 1. The van der Waals surface area contributed by atoms with E-state index in [1.165, 1.54) is 6.08 Å². The van der Waals surface area contributed by atoms with Crippen molar-refractivity contribution in [2.24, 2.45) is 5.92 Å². The molecule has 1 atom stereocenters. The van der Waals surface area contributed by atoms with E-state index >= 15 is 0 Å². The number of ether oxygens (including phenoxy) is 1. The van der Waals surface area contributed by atoms with Crippen molar-refractivity contribution < 1.29 is 18.7 Å². The predicted octanol–water partition coefficient (Wildman–Crippen LogP) is 3.65. The molecule has 3 rings (SSSR count). The third-order valence-electron chi connectivity index (χ3n) is 4.57. The molecule has 1 aliphatic carbocycles. The van der Waals surface area contributed by atoms with Gasteiger partial charge in [0.1, 0.15) is 11.1 Å². The number of rotatable bonds is 6. The molecule has 2 amide bonds. The monoisotopic (exact) mass is 385 g/mol. The van der Waals surface area contributed by atoms with Crippen molar-refractivity contribution in [3.63, 3.8) is 0 Å². The molecule has 7 heteroatoms. The molecular weight excluding hydrogens is 358 g/mol. The van der Waals surface area contributed by atoms with E-state index in [2.05, 4.69) is 15.6 Å². The number of hydrogen-bond acceptors (Lipinski definition) is 5. The summed E-state index contributed by atoms with van der Waals surface area (Å²) in [4.78, 5) is 28.7. The van der Waals surface area contributed by atoms with Crippen LogP contribution in [0.2, 0.25) is 0 Å². The molecule has 2 aromatic rings. The van der Waals surface area contributed by atoms with Gasteiger partial charge >= 0.3 is 6.09 Å². The third kappa shape index (κ3) is 5.34. The zero-order valence-electron chi connectivity index (χ0n) is 16.7. The van der Waals surface area contributed by atoms with Crippen LogP contribution in [0, 0.1) is 5.92 Å². The van der Waals surface area contributed by atoms with Gasteiger partial charge in [0.15, 0.2) is 5.58 Å². The molecule has 0 saturated heterocycles. The summed E-state index contributed by atoms with van der Waals surface area (Å²) < 4.78 is 10.9. The second-order valence-electron chi connectivity index (χ2n) is 8.39. The summed E-state index contributed by atoms with van der Waals surface area (Å²) in [6.45, 7) is 7.67. The maximum absolute atomic E-state index is 12.4. The maximum atomic E-state index is 12.4. The van der Waals surface area contributed by atoms with Crippen molar-refractivity contribution in [1.29, 1.82) is 0 Å². The Balaban J connectivity index is 1.59. The number of alkyl carbamates (subject to hydrolysis) is 1. The number of benzene rings is 1. The Bertz CT molecular complexity index is 859. The number of oxazole rings is 1. The quantitative estimate of drug-likeness (QED) is 0.741. The van der Waals surface area contributed by atoms with E-state index < -0.39 is 17.2 Å². The minimum Gasteiger partial charge on any atom is -0.444 e. The van der Waals surface area contributed by atoms with Gasteiger partial charge in [-0.05, 0) is 58.6 Å². The van der Waals surface area contributed by atoms with Crippen LogP contribution in [0.4, 0.5) is 4.79 Å². The first-order valence-corrected chi connectivity index (χ1v) is 9.47. The second kappa shape index (κ2) is 7.66. The molecule has 0 bridgehead atoms. The standard InChI is InChI=1S/C21H27N3O4/c1-20(2,3)28-19(26)22-13-21(4,14-9-10-14)24-17(25)11-12-18-23-15-7-5-6-8-16(15)27-18/h5-8,11-12,14H,9-10,13H2,1-4H3,(H,22,26)(H,24,25). The van der Waals surface area contributed by atoms with E-state index in [-0.39, 0.29) is 5.91 Å². The average Bonchev–Trinajstić information content (AvgIpc) is 3.37. The van der Waals surface area contributed by atoms with Crippen molar-refractivity contribution in [3.8, 4) is 0 Å². The van der Waals surface area contributed by atoms with Gasteiger partial charge in [-0.2, -0.15) is 0 Å². The first-order valence-electron chi connectivity index (χ1n) is 9.47. The van der Waals surface area contributed by atoms with Gasteiger partial charge in [0, 0.05) is 18.7 Å². The van der Waals surface area contributed by atoms with Crippen LogP contribution in [0.3, 0.4) is 0 Å². The van der Waals surface area contributed by atoms with E-state index in [1.54, 1.807) is 6.08 Å². The molecule has 1 aromatic carbocycles. The highest BCUT2D eigenvalue weighted by atomic mass is 16.6. The lowest BCUT2D eigenvalue weighted by atomic mass is 9.95. The summed E-state index contributed by atoms with van der Waals surface area (Å²) >= 11 is 0. The first kappa shape index (κ1) is 19.9. The molecule has 150 valence electrons. The molecule has 2 N–H and O–H groups in total. The van der Waals surface area contributed by atoms with Gasteiger partial charge in [0.2, 0.25) is 11.8 Å². The van der Waals surface area contributed by atoms with Crippen molar-refractivity contribution >= 4 is 29.2 Å². The van der Waals surface area contributed by atoms with Crippen molar-refractivity contribution in [1.82, 2.24) is 15.6 Å². The normalized spacial score (nSPS) is 16.7. The lowest BCUT2D eigenvalue weighted by Crippen LogP contribution is -2.55. The minimum atomic E-state index is -0.564. The lowest BCUT2D eigenvalue weighted by Gasteiger charge is -2.31. The zero-order chi connectivity index (χ0) is 20.4. The van der Waals surface area contributed by atoms with Gasteiger partial charge in [-0.25, -0.2) is 9.78 Å². The average molecular weight is 385 g/mol. The summed E-state index contributed by atoms with van der Waals surface area (Å²) in [6.07, 6.45) is 4.49. The number of para-hydroxylation sites is 2. The Morgan fingerprint density at radius 1 is 1.25 bits per heavy atom. The minimum absolute atomic E-state index is 0.261. The van der Waals surface area contributed by atoms with Crippen molar-refractivity contribution in [3.05, 3.63) is 36.2 Å². The number of nitrogens with one attached hydrogen (secondary N) is 2. The van der Waals surface area contributed by atoms with Crippen LogP contribution in [-0.4, -0.2) is 34.7 Å². The molecule has 0 radical (unpaired) electrons. The summed E-state index contributed by atoms with van der Waals surface area (Å²) in [5, 5.41) is 5.78. The fraction of sp³-hybridized carbons (Fsp3) is 0.476. The van der Waals surface area contributed by atoms with Crippen molar-refractivity contribution in [2.45, 2.75) is 51.7 Å². The van der Waals surface area contributed by atoms with E-state index in [0.29, 0.717) is 23.9 Å². The highest BCUT2D eigenvalue weighted by molar-refractivity contribution is 5.92. The topological polar surface area (TPSA) is 93.5 Å². The number of carbonyl (C=O) groups excluding carboxylic acids is 2. The molecule has 0 spiro atoms. The Morgan fingerprint density at radius 2 is 1.96 bits per heavy atom. The molecule has 0 aliphatic heterocycles. The van der Waals surface area contributed by atoms with Crippen LogP contribution in [0.5, 0.6) is 0 Å². The fourth-order valence-electron chi connectivity index (χ4n) is 3.01. The highest BCUT2D eigenvalue weighted by Crippen LogP contribution is 2.39. The van der Waals surface area contributed by atoms with Gasteiger partial charge in [0.25, 0.3) is 0 Å². The zero-order valence-corrected chi connectivity index (χ0v) is 16.7. The number of amides is 2. The number of aromatic nitrogens is 1. The second-order valence-corrected chi connectivity index (χ2v) is 8.39. The predicted molar refractivity (Wildman–Crippen MR) is 107 cm³/mol. The summed E-state index contributed by atoms with van der Waals surface area (Å²) in [5.74, 6) is 0.433. The Kier molecular flexibility index (Phi) is 5.45. The highest BCUT2D eigenvalue weighted by Gasteiger charge is 2.42. The van der Waals surface area contributed by atoms with Gasteiger partial charge in [0.05, 0.1) is 5.54 Å². The first-order chi connectivity index (χ1) is 13.1. The lowest BCUT2D eigenvalue weighted by molar-refractivity contribution is -0.118. The van der Waals surface area contributed by atoms with Gasteiger partial charge < -0.3 is 19.8 Å². The fourth-order valence-corrected chi connectivity index (χ4v) is 3.01. The molecular formula is C21H27N3O4. The Labute approximate surface area is 164 Å². The summed E-state index contributed by atoms with van der Waals surface area (Å²) in [7, 11) is 0. The Hall–Kier alpha value is -2.83. The van der Waals surface area contributed by atoms with Gasteiger partial charge in [-0.1, -0.05) is 12.1 Å². The molecule has 1 aliphatic rings. The molecule has 7 nitrogen and oxygen atoms in total. The third-order valence-corrected chi connectivity index (χ3v) is 4.57. The molecule has 28 heavy (non-hydrogen) atoms. The summed E-state index contributed by atoms with van der Waals surface area (Å²) in [6, 6.07) is 7.42. The van der Waals surface area contributed by atoms with Crippen LogP contribution < -0.4 is 10.6 Å². The van der Waals surface area contributed by atoms with Gasteiger partial charge in [-0.15, -0.1) is 0 Å². The molecule has 1 saturated carbocycles. The number of carbonyl (C=O) groups is 2. The van der Waals surface area contributed by atoms with E-state index in [1.807, 2.05) is 52.0 Å². The number of hydrogen-bond donors (Lipinski definition) is 2. The van der Waals surface area contributed by atoms with E-state index in [4.69, 9.17) is 9.15 Å². The van der Waals surface area contributed by atoms with Crippen LogP contribution in [-0.2, 0) is 9.53 Å². The van der Waals surface area contributed by atoms with Crippen LogP contribution >= 0.6 is 0 Å². The molecule has 1 unspecified atom stereocenters. The summed E-state index contributed by atoms with van der Waals surface area (Å²) in [5.41, 5.74) is 0.310. The smallest absolute Gasteiger partial charge is 0.407 e. The van der Waals surface area contributed by atoms with Gasteiger partial charge in [-0.3, -0.25) is 4.79 Å². The molecule has 1 heterocycles. The van der Waals surface area contributed by atoms with Crippen LogP contribution in [0.1, 0.15) is 46.4 Å². The van der Waals surface area contributed by atoms with Crippen LogP contribution in [0.15, 0.2) is 34.8 Å². The SMILES string of the molecule is CC(C)(C)OC(=O)NCC(C)(NC(=O)C=Cc1nc2ccccc2o1)C1CC1. The molecule has 1 aromatic heterocycles. The Morgan fingerprint density at radius 3 is 2.61 bits per heavy atom. The van der Waals surface area contributed by atoms with E-state index in [0.717, 1.165) is 18.4 Å². The van der Waals surface area contributed by atoms with Crippen molar-refractivity contribution in [2.75, 3.05) is 6.54 Å².